The Morgan fingerprint density at radius 2 is 1.80 bits per heavy atom. The summed E-state index contributed by atoms with van der Waals surface area (Å²) in [7, 11) is 1.68. The van der Waals surface area contributed by atoms with Crippen LogP contribution in [0.3, 0.4) is 0 Å². The lowest BCUT2D eigenvalue weighted by molar-refractivity contribution is -0.133. The van der Waals surface area contributed by atoms with Gasteiger partial charge in [-0.3, -0.25) is 4.79 Å². The van der Waals surface area contributed by atoms with E-state index in [2.05, 4.69) is 0 Å². The van der Waals surface area contributed by atoms with Gasteiger partial charge >= 0.3 is 5.97 Å². The van der Waals surface area contributed by atoms with Crippen molar-refractivity contribution in [2.45, 2.75) is 13.5 Å². The smallest absolute Gasteiger partial charge is 0.374 e. The van der Waals surface area contributed by atoms with E-state index in [1.165, 1.54) is 4.90 Å². The number of likely N-dealkylation sites (N-methyl/N-ethyl adjacent to an activating group) is 1. The van der Waals surface area contributed by atoms with E-state index in [9.17, 15) is 9.59 Å². The predicted octanol–water partition coefficient (Wildman–Crippen LogP) is 3.56. The van der Waals surface area contributed by atoms with Crippen molar-refractivity contribution in [2.24, 2.45) is 0 Å². The van der Waals surface area contributed by atoms with Gasteiger partial charge in [0.15, 0.2) is 6.61 Å². The molecule has 0 aliphatic heterocycles. The van der Waals surface area contributed by atoms with Gasteiger partial charge in [-0.05, 0) is 30.2 Å². The molecule has 0 aliphatic rings. The van der Waals surface area contributed by atoms with E-state index >= 15 is 0 Å². The summed E-state index contributed by atoms with van der Waals surface area (Å²) < 4.78 is 10.5. The van der Waals surface area contributed by atoms with E-state index < -0.39 is 5.97 Å². The molecule has 3 rings (SSSR count). The summed E-state index contributed by atoms with van der Waals surface area (Å²) in [5.41, 5.74) is 2.78. The summed E-state index contributed by atoms with van der Waals surface area (Å²) in [6.07, 6.45) is 0. The van der Waals surface area contributed by atoms with Crippen LogP contribution in [0, 0.1) is 6.92 Å². The number of carbonyl (C=O) groups is 2. The second-order valence-corrected chi connectivity index (χ2v) is 5.90. The normalized spacial score (nSPS) is 10.6. The van der Waals surface area contributed by atoms with Gasteiger partial charge in [0.05, 0.1) is 0 Å². The van der Waals surface area contributed by atoms with Crippen LogP contribution in [0.1, 0.15) is 21.7 Å². The molecule has 0 spiro atoms. The molecule has 0 bridgehead atoms. The molecule has 5 nitrogen and oxygen atoms in total. The second-order valence-electron chi connectivity index (χ2n) is 5.90. The van der Waals surface area contributed by atoms with Gasteiger partial charge in [0.1, 0.15) is 5.58 Å². The number of nitrogens with zero attached hydrogens (tertiary/aromatic N) is 1. The van der Waals surface area contributed by atoms with E-state index in [1.54, 1.807) is 19.2 Å². The van der Waals surface area contributed by atoms with Crippen LogP contribution in [-0.2, 0) is 16.1 Å². The summed E-state index contributed by atoms with van der Waals surface area (Å²) in [5, 5.41) is 0.817. The maximum Gasteiger partial charge on any atom is 0.374 e. The number of rotatable bonds is 5. The Balaban J connectivity index is 1.57. The van der Waals surface area contributed by atoms with Crippen molar-refractivity contribution in [3.63, 3.8) is 0 Å². The highest BCUT2D eigenvalue weighted by molar-refractivity contribution is 5.93. The number of furan rings is 1. The van der Waals surface area contributed by atoms with Gasteiger partial charge in [0.25, 0.3) is 5.91 Å². The van der Waals surface area contributed by atoms with Crippen LogP contribution in [0.2, 0.25) is 0 Å². The number of hydrogen-bond donors (Lipinski definition) is 0. The third-order valence-corrected chi connectivity index (χ3v) is 4.05. The molecule has 0 fully saturated rings. The number of amides is 1. The number of fused-ring (bicyclic) bond motifs is 1. The van der Waals surface area contributed by atoms with Crippen molar-refractivity contribution in [2.75, 3.05) is 13.7 Å². The number of carbonyl (C=O) groups excluding carboxylic acids is 2. The molecule has 1 heterocycles. The molecule has 128 valence electrons. The molecule has 0 radical (unpaired) electrons. The fourth-order valence-corrected chi connectivity index (χ4v) is 2.52. The number of hydrogen-bond acceptors (Lipinski definition) is 4. The molecule has 3 aromatic rings. The van der Waals surface area contributed by atoms with E-state index in [-0.39, 0.29) is 18.3 Å². The Hall–Kier alpha value is -3.08. The maximum absolute atomic E-state index is 12.2. The van der Waals surface area contributed by atoms with Crippen molar-refractivity contribution in [3.8, 4) is 0 Å². The minimum absolute atomic E-state index is 0.0931. The Morgan fingerprint density at radius 3 is 2.56 bits per heavy atom. The highest BCUT2D eigenvalue weighted by Gasteiger charge is 2.17. The lowest BCUT2D eigenvalue weighted by Crippen LogP contribution is -2.31. The van der Waals surface area contributed by atoms with Gasteiger partial charge in [0.2, 0.25) is 5.76 Å². The number of ether oxygens (including phenoxy) is 1. The van der Waals surface area contributed by atoms with Crippen LogP contribution in [-0.4, -0.2) is 30.4 Å². The fraction of sp³-hybridized carbons (Fsp3) is 0.200. The number of para-hydroxylation sites is 1. The number of benzene rings is 2. The maximum atomic E-state index is 12.2. The Morgan fingerprint density at radius 1 is 1.08 bits per heavy atom. The van der Waals surface area contributed by atoms with Gasteiger partial charge in [0, 0.05) is 19.0 Å². The highest BCUT2D eigenvalue weighted by atomic mass is 16.5. The first-order valence-corrected chi connectivity index (χ1v) is 7.99. The number of aryl methyl sites for hydroxylation is 1. The van der Waals surface area contributed by atoms with Crippen LogP contribution < -0.4 is 0 Å². The molecular weight excluding hydrogens is 318 g/mol. The fourth-order valence-electron chi connectivity index (χ4n) is 2.52. The first-order valence-electron chi connectivity index (χ1n) is 7.99. The third-order valence-electron chi connectivity index (χ3n) is 4.05. The zero-order valence-electron chi connectivity index (χ0n) is 14.2. The van der Waals surface area contributed by atoms with Gasteiger partial charge in [-0.1, -0.05) is 42.5 Å². The molecule has 0 atom stereocenters. The van der Waals surface area contributed by atoms with Gasteiger partial charge in [-0.2, -0.15) is 0 Å². The zero-order valence-corrected chi connectivity index (χ0v) is 14.2. The summed E-state index contributed by atoms with van der Waals surface area (Å²) in [6.45, 7) is 2.14. The summed E-state index contributed by atoms with van der Waals surface area (Å²) in [5.74, 6) is -0.822. The SMILES string of the molecule is Cc1ccccc1CN(C)C(=O)COC(=O)c1cc2ccccc2o1. The van der Waals surface area contributed by atoms with Crippen LogP contribution in [0.15, 0.2) is 59.0 Å². The van der Waals surface area contributed by atoms with Crippen molar-refractivity contribution < 1.29 is 18.7 Å². The highest BCUT2D eigenvalue weighted by Crippen LogP contribution is 2.19. The molecule has 2 aromatic carbocycles. The Labute approximate surface area is 145 Å². The van der Waals surface area contributed by atoms with Crippen LogP contribution in [0.4, 0.5) is 0 Å². The van der Waals surface area contributed by atoms with Crippen molar-refractivity contribution >= 4 is 22.8 Å². The topological polar surface area (TPSA) is 59.8 Å². The van der Waals surface area contributed by atoms with Crippen LogP contribution in [0.25, 0.3) is 11.0 Å². The average Bonchev–Trinajstić information content (AvgIpc) is 3.05. The minimum Gasteiger partial charge on any atom is -0.450 e. The first-order chi connectivity index (χ1) is 12.0. The number of esters is 1. The van der Waals surface area contributed by atoms with Crippen LogP contribution in [0.5, 0.6) is 0 Å². The lowest BCUT2D eigenvalue weighted by Gasteiger charge is -2.18. The molecule has 0 N–H and O–H groups in total. The molecule has 5 heteroatoms. The summed E-state index contributed by atoms with van der Waals surface area (Å²) in [4.78, 5) is 25.8. The third kappa shape index (κ3) is 3.88. The second kappa shape index (κ2) is 7.21. The van der Waals surface area contributed by atoms with Crippen molar-refractivity contribution in [1.29, 1.82) is 0 Å². The van der Waals surface area contributed by atoms with Gasteiger partial charge < -0.3 is 14.1 Å². The molecule has 0 saturated heterocycles. The van der Waals surface area contributed by atoms with Crippen molar-refractivity contribution in [3.05, 3.63) is 71.5 Å². The zero-order chi connectivity index (χ0) is 17.8. The molecule has 0 aliphatic carbocycles. The molecule has 25 heavy (non-hydrogen) atoms. The first kappa shape index (κ1) is 16.8. The molecule has 1 amide bonds. The van der Waals surface area contributed by atoms with E-state index in [0.717, 1.165) is 16.5 Å². The average molecular weight is 337 g/mol. The molecule has 0 saturated carbocycles. The van der Waals surface area contributed by atoms with Crippen LogP contribution >= 0.6 is 0 Å². The van der Waals surface area contributed by atoms with Gasteiger partial charge in [-0.25, -0.2) is 4.79 Å². The monoisotopic (exact) mass is 337 g/mol. The van der Waals surface area contributed by atoms with E-state index in [1.807, 2.05) is 49.4 Å². The van der Waals surface area contributed by atoms with Gasteiger partial charge in [-0.15, -0.1) is 0 Å². The molecule has 0 unspecified atom stereocenters. The largest absolute Gasteiger partial charge is 0.450 e. The summed E-state index contributed by atoms with van der Waals surface area (Å²) in [6, 6.07) is 16.8. The lowest BCUT2D eigenvalue weighted by atomic mass is 10.1. The molecule has 1 aromatic heterocycles. The minimum atomic E-state index is -0.645. The Kier molecular flexibility index (Phi) is 4.84. The summed E-state index contributed by atoms with van der Waals surface area (Å²) >= 11 is 0. The van der Waals surface area contributed by atoms with E-state index in [4.69, 9.17) is 9.15 Å². The van der Waals surface area contributed by atoms with E-state index in [0.29, 0.717) is 12.1 Å². The predicted molar refractivity (Wildman–Crippen MR) is 94.1 cm³/mol. The quantitative estimate of drug-likeness (QED) is 0.668. The molecular formula is C20H19NO4. The Bertz CT molecular complexity index is 880. The standard InChI is InChI=1S/C20H19NO4/c1-14-7-3-4-9-16(14)12-21(2)19(22)13-24-20(23)18-11-15-8-5-6-10-17(15)25-18/h3-11H,12-13H2,1-2H3. The van der Waals surface area contributed by atoms with Crippen molar-refractivity contribution in [1.82, 2.24) is 4.90 Å².